The lowest BCUT2D eigenvalue weighted by molar-refractivity contribution is -0.136. The van der Waals surface area contributed by atoms with E-state index in [1.165, 1.54) is 17.4 Å². The third-order valence-electron chi connectivity index (χ3n) is 8.94. The smallest absolute Gasteiger partial charge is 0.256 e. The van der Waals surface area contributed by atoms with Gasteiger partial charge in [-0.1, -0.05) is 29.5 Å². The normalized spacial score (nSPS) is 19.4. The van der Waals surface area contributed by atoms with Crippen LogP contribution in [0.3, 0.4) is 0 Å². The molecule has 0 bridgehead atoms. The maximum atomic E-state index is 13.1. The van der Waals surface area contributed by atoms with Gasteiger partial charge in [0.05, 0.1) is 10.5 Å². The summed E-state index contributed by atoms with van der Waals surface area (Å²) in [5.41, 5.74) is 4.28. The monoisotopic (exact) mass is 650 g/mol. The third-order valence-corrected chi connectivity index (χ3v) is 9.24. The second-order valence-electron chi connectivity index (χ2n) is 11.9. The number of aromatic nitrogens is 2. The fourth-order valence-corrected chi connectivity index (χ4v) is 6.73. The van der Waals surface area contributed by atoms with Gasteiger partial charge in [0.15, 0.2) is 0 Å². The van der Waals surface area contributed by atoms with Crippen molar-refractivity contribution < 1.29 is 23.9 Å². The molecule has 3 aliphatic rings. The van der Waals surface area contributed by atoms with Crippen molar-refractivity contribution >= 4 is 52.0 Å². The number of carbonyl (C=O) groups excluding carboxylic acids is 4. The Labute approximate surface area is 275 Å². The molecule has 12 heteroatoms. The molecule has 2 fully saturated rings. The Kier molecular flexibility index (Phi) is 8.14. The summed E-state index contributed by atoms with van der Waals surface area (Å²) in [5, 5.41) is 6.40. The van der Waals surface area contributed by atoms with Crippen LogP contribution in [0.4, 0.5) is 5.82 Å². The standard InChI is InChI=1S/C35H31ClN6O5/c1-41-13-3-8-28(41)27-16-22-18-37-31(17-26(22)38-27)39-33(44)21-9-11-30(25(36)15-21)47-14-4-6-20-5-2-7-23-24(20)19-42(35(23)46)29-10-12-32(43)40-34(29)45/h2,5,7,9,11,15-18,28-29,38H,3,8,10,12-14,19H2,1H3,(H,37,39,44)(H,40,43,45)/t28-,29?/m1/s1. The number of likely N-dealkylation sites (tertiary alicyclic amines) is 1. The Morgan fingerprint density at radius 1 is 1.13 bits per heavy atom. The van der Waals surface area contributed by atoms with Gasteiger partial charge in [0.25, 0.3) is 11.8 Å². The maximum Gasteiger partial charge on any atom is 0.256 e. The maximum absolute atomic E-state index is 13.1. The van der Waals surface area contributed by atoms with E-state index in [1.54, 1.807) is 30.5 Å². The van der Waals surface area contributed by atoms with Crippen molar-refractivity contribution in [3.05, 3.63) is 87.7 Å². The number of nitrogens with one attached hydrogen (secondary N) is 3. The lowest BCUT2D eigenvalue weighted by atomic mass is 10.0. The van der Waals surface area contributed by atoms with E-state index in [1.807, 2.05) is 12.1 Å². The molecule has 0 aliphatic carbocycles. The van der Waals surface area contributed by atoms with Gasteiger partial charge >= 0.3 is 0 Å². The van der Waals surface area contributed by atoms with Crippen LogP contribution >= 0.6 is 11.6 Å². The van der Waals surface area contributed by atoms with Crippen molar-refractivity contribution in [1.29, 1.82) is 0 Å². The summed E-state index contributed by atoms with van der Waals surface area (Å²) in [7, 11) is 2.13. The topological polar surface area (TPSA) is 137 Å². The van der Waals surface area contributed by atoms with Crippen LogP contribution in [0.5, 0.6) is 5.75 Å². The van der Waals surface area contributed by atoms with Gasteiger partial charge in [0, 0.05) is 59.0 Å². The predicted octanol–water partition coefficient (Wildman–Crippen LogP) is 4.43. The number of hydrogen-bond acceptors (Lipinski definition) is 7. The van der Waals surface area contributed by atoms with E-state index in [4.69, 9.17) is 16.3 Å². The number of H-pyrrole nitrogens is 1. The highest BCUT2D eigenvalue weighted by atomic mass is 35.5. The minimum atomic E-state index is -0.695. The number of nitrogens with zero attached hydrogens (tertiary/aromatic N) is 3. The van der Waals surface area contributed by atoms with Gasteiger partial charge in [-0.25, -0.2) is 4.98 Å². The molecular weight excluding hydrogens is 620 g/mol. The Balaban J connectivity index is 0.974. The van der Waals surface area contributed by atoms with Gasteiger partial charge in [0.1, 0.15) is 24.2 Å². The van der Waals surface area contributed by atoms with Gasteiger partial charge in [-0.05, 0) is 74.8 Å². The summed E-state index contributed by atoms with van der Waals surface area (Å²) in [6.45, 7) is 1.32. The quantitative estimate of drug-likeness (QED) is 0.208. The average Bonchev–Trinajstić information content (AvgIpc) is 3.76. The van der Waals surface area contributed by atoms with Crippen LogP contribution in [0.2, 0.25) is 5.02 Å². The fraction of sp³-hybridized carbons (Fsp3) is 0.286. The highest BCUT2D eigenvalue weighted by Crippen LogP contribution is 2.33. The van der Waals surface area contributed by atoms with Crippen LogP contribution in [0, 0.1) is 11.8 Å². The van der Waals surface area contributed by atoms with E-state index in [0.29, 0.717) is 40.7 Å². The Morgan fingerprint density at radius 3 is 2.79 bits per heavy atom. The third kappa shape index (κ3) is 6.05. The molecule has 2 aromatic carbocycles. The number of ether oxygens (including phenoxy) is 1. The van der Waals surface area contributed by atoms with Gasteiger partial charge in [-0.3, -0.25) is 29.4 Å². The number of amides is 4. The number of anilines is 1. The van der Waals surface area contributed by atoms with Crippen molar-refractivity contribution in [3.63, 3.8) is 0 Å². The molecule has 47 heavy (non-hydrogen) atoms. The number of aromatic amines is 1. The second kappa shape index (κ2) is 12.5. The number of piperidine rings is 1. The number of rotatable bonds is 6. The molecule has 2 saturated heterocycles. The largest absolute Gasteiger partial charge is 0.479 e. The van der Waals surface area contributed by atoms with Crippen molar-refractivity contribution in [1.82, 2.24) is 25.1 Å². The Hall–Kier alpha value is -5.18. The summed E-state index contributed by atoms with van der Waals surface area (Å²) in [6.07, 6.45) is 4.51. The van der Waals surface area contributed by atoms with E-state index < -0.39 is 11.9 Å². The number of imide groups is 1. The van der Waals surface area contributed by atoms with Crippen molar-refractivity contribution in [3.8, 4) is 17.6 Å². The second-order valence-corrected chi connectivity index (χ2v) is 12.3. The molecular formula is C35H31ClN6O5. The molecule has 11 nitrogen and oxygen atoms in total. The minimum absolute atomic E-state index is 0.0124. The molecule has 238 valence electrons. The Bertz CT molecular complexity index is 2010. The lowest BCUT2D eigenvalue weighted by Crippen LogP contribution is -2.52. The van der Waals surface area contributed by atoms with Gasteiger partial charge in [0.2, 0.25) is 11.8 Å². The molecule has 1 unspecified atom stereocenters. The van der Waals surface area contributed by atoms with E-state index in [9.17, 15) is 19.2 Å². The number of pyridine rings is 1. The number of carbonyl (C=O) groups is 4. The average molecular weight is 651 g/mol. The van der Waals surface area contributed by atoms with Crippen LogP contribution in [0.1, 0.15) is 69.3 Å². The first-order valence-electron chi connectivity index (χ1n) is 15.4. The highest BCUT2D eigenvalue weighted by Gasteiger charge is 2.39. The van der Waals surface area contributed by atoms with E-state index in [2.05, 4.69) is 50.5 Å². The van der Waals surface area contributed by atoms with Crippen molar-refractivity contribution in [2.75, 3.05) is 25.5 Å². The van der Waals surface area contributed by atoms with Crippen LogP contribution < -0.4 is 15.4 Å². The molecule has 4 amide bonds. The number of benzene rings is 2. The molecule has 3 N–H and O–H groups in total. The molecule has 0 saturated carbocycles. The first-order valence-corrected chi connectivity index (χ1v) is 15.8. The van der Waals surface area contributed by atoms with Gasteiger partial charge in [-0.2, -0.15) is 0 Å². The highest BCUT2D eigenvalue weighted by molar-refractivity contribution is 6.32. The molecule has 5 heterocycles. The number of fused-ring (bicyclic) bond motifs is 2. The Morgan fingerprint density at radius 2 is 2.00 bits per heavy atom. The molecule has 3 aliphatic heterocycles. The van der Waals surface area contributed by atoms with Crippen LogP contribution in [-0.4, -0.2) is 69.6 Å². The summed E-state index contributed by atoms with van der Waals surface area (Å²) in [5.74, 6) is 5.41. The summed E-state index contributed by atoms with van der Waals surface area (Å²) < 4.78 is 5.77. The summed E-state index contributed by atoms with van der Waals surface area (Å²) in [4.78, 5) is 61.7. The SMILES string of the molecule is CN1CCC[C@@H]1c1cc2cnc(NC(=O)c3ccc(OCC#Cc4cccc5c4CN(C4CCC(=O)NC4=O)C5=O)c(Cl)c3)cc2[nH]1. The summed E-state index contributed by atoms with van der Waals surface area (Å²) >= 11 is 6.46. The minimum Gasteiger partial charge on any atom is -0.479 e. The fourth-order valence-electron chi connectivity index (χ4n) is 6.49. The zero-order valence-electron chi connectivity index (χ0n) is 25.6. The van der Waals surface area contributed by atoms with Crippen LogP contribution in [0.15, 0.2) is 54.7 Å². The predicted molar refractivity (Wildman–Crippen MR) is 175 cm³/mol. The molecule has 0 radical (unpaired) electrons. The first-order chi connectivity index (χ1) is 22.7. The molecule has 4 aromatic rings. The van der Waals surface area contributed by atoms with Gasteiger partial charge < -0.3 is 19.9 Å². The molecule has 7 rings (SSSR count). The van der Waals surface area contributed by atoms with Crippen LogP contribution in [-0.2, 0) is 16.1 Å². The molecule has 2 aromatic heterocycles. The number of halogens is 1. The number of hydrogen-bond donors (Lipinski definition) is 3. The first kappa shape index (κ1) is 30.5. The lowest BCUT2D eigenvalue weighted by Gasteiger charge is -2.29. The van der Waals surface area contributed by atoms with Crippen molar-refractivity contribution in [2.24, 2.45) is 0 Å². The van der Waals surface area contributed by atoms with Crippen molar-refractivity contribution in [2.45, 2.75) is 44.3 Å². The molecule has 0 spiro atoms. The zero-order chi connectivity index (χ0) is 32.7. The molecule has 2 atom stereocenters. The van der Waals surface area contributed by atoms with E-state index >= 15 is 0 Å². The van der Waals surface area contributed by atoms with E-state index in [0.717, 1.165) is 35.1 Å². The van der Waals surface area contributed by atoms with Gasteiger partial charge in [-0.15, -0.1) is 0 Å². The van der Waals surface area contributed by atoms with Crippen LogP contribution in [0.25, 0.3) is 10.9 Å². The zero-order valence-corrected chi connectivity index (χ0v) is 26.3. The van der Waals surface area contributed by atoms with E-state index in [-0.39, 0.29) is 42.3 Å². The summed E-state index contributed by atoms with van der Waals surface area (Å²) in [6, 6.07) is 13.6.